The molecule has 1 aliphatic carbocycles. The summed E-state index contributed by atoms with van der Waals surface area (Å²) >= 11 is 0. The van der Waals surface area contributed by atoms with E-state index < -0.39 is 11.0 Å². The van der Waals surface area contributed by atoms with Crippen molar-refractivity contribution in [3.8, 4) is 5.75 Å². The topological polar surface area (TPSA) is 58.6 Å². The van der Waals surface area contributed by atoms with Gasteiger partial charge in [-0.05, 0) is 36.6 Å². The molecule has 25 heavy (non-hydrogen) atoms. The second-order valence-electron chi connectivity index (χ2n) is 6.90. The van der Waals surface area contributed by atoms with E-state index in [4.69, 9.17) is 4.74 Å². The zero-order chi connectivity index (χ0) is 17.5. The molecule has 0 unspecified atom stereocenters. The van der Waals surface area contributed by atoms with E-state index in [1.54, 1.807) is 12.1 Å². The van der Waals surface area contributed by atoms with Crippen LogP contribution in [0.1, 0.15) is 30.4 Å². The van der Waals surface area contributed by atoms with Gasteiger partial charge in [-0.3, -0.25) is 4.79 Å². The minimum absolute atomic E-state index is 0.114. The maximum absolute atomic E-state index is 13.1. The van der Waals surface area contributed by atoms with Crippen LogP contribution < -0.4 is 10.1 Å². The van der Waals surface area contributed by atoms with Crippen LogP contribution in [-0.2, 0) is 15.8 Å². The minimum atomic E-state index is -1.14. The summed E-state index contributed by atoms with van der Waals surface area (Å²) in [5.74, 6) is 0.231. The van der Waals surface area contributed by atoms with Gasteiger partial charge in [0.2, 0.25) is 5.91 Å². The molecule has 4 nitrogen and oxygen atoms in total. The highest BCUT2D eigenvalue weighted by molar-refractivity contribution is 5.91. The lowest BCUT2D eigenvalue weighted by Crippen LogP contribution is -2.46. The van der Waals surface area contributed by atoms with Crippen molar-refractivity contribution in [3.05, 3.63) is 65.5 Å². The Kier molecular flexibility index (Phi) is 3.76. The van der Waals surface area contributed by atoms with Crippen LogP contribution >= 0.6 is 0 Å². The smallest absolute Gasteiger partial charge is 0.230 e. The number of ether oxygens (including phenoxy) is 1. The Morgan fingerprint density at radius 2 is 1.84 bits per heavy atom. The molecular formula is C20H20FNO3. The number of amides is 1. The zero-order valence-electron chi connectivity index (χ0n) is 13.8. The normalized spacial score (nSPS) is 23.3. The molecular weight excluding hydrogens is 321 g/mol. The second kappa shape index (κ2) is 5.85. The van der Waals surface area contributed by atoms with E-state index >= 15 is 0 Å². The summed E-state index contributed by atoms with van der Waals surface area (Å²) in [5.41, 5.74) is -0.197. The fourth-order valence-electron chi connectivity index (χ4n) is 3.56. The number of fused-ring (bicyclic) bond motifs is 1. The molecule has 1 atom stereocenters. The van der Waals surface area contributed by atoms with Crippen LogP contribution in [0.4, 0.5) is 4.39 Å². The Balaban J connectivity index is 1.50. The molecule has 1 aliphatic heterocycles. The predicted molar refractivity (Wildman–Crippen MR) is 90.8 cm³/mol. The van der Waals surface area contributed by atoms with Crippen molar-refractivity contribution in [2.24, 2.45) is 0 Å². The maximum atomic E-state index is 13.1. The molecule has 1 amide bonds. The molecule has 5 heteroatoms. The molecule has 130 valence electrons. The molecule has 1 heterocycles. The summed E-state index contributed by atoms with van der Waals surface area (Å²) in [7, 11) is 0. The van der Waals surface area contributed by atoms with Crippen molar-refractivity contribution >= 4 is 5.91 Å². The number of aliphatic hydroxyl groups is 1. The first-order chi connectivity index (χ1) is 12.0. The van der Waals surface area contributed by atoms with Crippen LogP contribution in [0.25, 0.3) is 0 Å². The van der Waals surface area contributed by atoms with Crippen molar-refractivity contribution in [2.75, 3.05) is 13.2 Å². The molecule has 0 radical (unpaired) electrons. The highest BCUT2D eigenvalue weighted by Crippen LogP contribution is 2.48. The monoisotopic (exact) mass is 341 g/mol. The fraction of sp³-hybridized carbons (Fsp3) is 0.350. The Bertz CT molecular complexity index is 801. The molecule has 0 bridgehead atoms. The number of rotatable bonds is 4. The third kappa shape index (κ3) is 2.78. The van der Waals surface area contributed by atoms with Crippen LogP contribution in [0, 0.1) is 5.82 Å². The first kappa shape index (κ1) is 16.1. The van der Waals surface area contributed by atoms with E-state index in [-0.39, 0.29) is 18.3 Å². The van der Waals surface area contributed by atoms with Gasteiger partial charge in [0, 0.05) is 12.0 Å². The number of para-hydroxylation sites is 1. The molecule has 0 saturated heterocycles. The third-order valence-electron chi connectivity index (χ3n) is 5.28. The van der Waals surface area contributed by atoms with Gasteiger partial charge in [-0.25, -0.2) is 4.39 Å². The second-order valence-corrected chi connectivity index (χ2v) is 6.90. The summed E-state index contributed by atoms with van der Waals surface area (Å²) in [6.07, 6.45) is 1.90. The van der Waals surface area contributed by atoms with E-state index in [1.165, 1.54) is 12.1 Å². The van der Waals surface area contributed by atoms with Gasteiger partial charge in [0.1, 0.15) is 17.2 Å². The van der Waals surface area contributed by atoms with Gasteiger partial charge in [0.05, 0.1) is 18.6 Å². The SMILES string of the molecule is O=C(NC[C@@]1(O)CCOc2ccccc21)C1(c2ccc(F)cc2)CC1. The number of hydrogen-bond donors (Lipinski definition) is 2. The average Bonchev–Trinajstić information content (AvgIpc) is 3.43. The van der Waals surface area contributed by atoms with E-state index in [9.17, 15) is 14.3 Å². The molecule has 4 rings (SSSR count). The standard InChI is InChI=1S/C20H20FNO3/c21-15-7-5-14(6-8-15)19(9-10-19)18(23)22-13-20(24)11-12-25-17-4-2-1-3-16(17)20/h1-8,24H,9-13H2,(H,22,23)/t20-/m0/s1. The van der Waals surface area contributed by atoms with E-state index in [0.29, 0.717) is 24.3 Å². The van der Waals surface area contributed by atoms with E-state index in [1.807, 2.05) is 24.3 Å². The van der Waals surface area contributed by atoms with Crippen molar-refractivity contribution < 1.29 is 19.0 Å². The number of carbonyl (C=O) groups excluding carboxylic acids is 1. The minimum Gasteiger partial charge on any atom is -0.493 e. The van der Waals surface area contributed by atoms with Gasteiger partial charge in [-0.1, -0.05) is 30.3 Å². The van der Waals surface area contributed by atoms with Crippen LogP contribution in [0.5, 0.6) is 5.75 Å². The lowest BCUT2D eigenvalue weighted by Gasteiger charge is -2.34. The highest BCUT2D eigenvalue weighted by Gasteiger charge is 2.51. The predicted octanol–water partition coefficient (Wildman–Crippen LogP) is 2.64. The molecule has 1 saturated carbocycles. The van der Waals surface area contributed by atoms with Crippen LogP contribution in [-0.4, -0.2) is 24.2 Å². The largest absolute Gasteiger partial charge is 0.493 e. The zero-order valence-corrected chi connectivity index (χ0v) is 13.8. The Morgan fingerprint density at radius 3 is 2.56 bits per heavy atom. The van der Waals surface area contributed by atoms with Crippen LogP contribution in [0.2, 0.25) is 0 Å². The van der Waals surface area contributed by atoms with Gasteiger partial charge in [-0.2, -0.15) is 0 Å². The number of carbonyl (C=O) groups is 1. The quantitative estimate of drug-likeness (QED) is 0.899. The summed E-state index contributed by atoms with van der Waals surface area (Å²) in [6.45, 7) is 0.543. The van der Waals surface area contributed by atoms with Gasteiger partial charge in [-0.15, -0.1) is 0 Å². The van der Waals surface area contributed by atoms with Crippen molar-refractivity contribution in [1.82, 2.24) is 5.32 Å². The number of halogens is 1. The summed E-state index contributed by atoms with van der Waals surface area (Å²) < 4.78 is 18.7. The maximum Gasteiger partial charge on any atom is 0.230 e. The Hall–Kier alpha value is -2.40. The number of hydrogen-bond acceptors (Lipinski definition) is 3. The fourth-order valence-corrected chi connectivity index (χ4v) is 3.56. The summed E-state index contributed by atoms with van der Waals surface area (Å²) in [5, 5.41) is 13.9. The lowest BCUT2D eigenvalue weighted by atomic mass is 9.87. The number of nitrogens with one attached hydrogen (secondary N) is 1. The molecule has 0 spiro atoms. The van der Waals surface area contributed by atoms with Gasteiger partial charge in [0.25, 0.3) is 0 Å². The molecule has 2 aliphatic rings. The molecule has 2 aromatic carbocycles. The summed E-state index contributed by atoms with van der Waals surface area (Å²) in [6, 6.07) is 13.4. The highest BCUT2D eigenvalue weighted by atomic mass is 19.1. The first-order valence-corrected chi connectivity index (χ1v) is 8.53. The molecule has 0 aromatic heterocycles. The van der Waals surface area contributed by atoms with Crippen molar-refractivity contribution in [3.63, 3.8) is 0 Å². The van der Waals surface area contributed by atoms with Crippen LogP contribution in [0.3, 0.4) is 0 Å². The molecule has 2 aromatic rings. The molecule has 2 N–H and O–H groups in total. The third-order valence-corrected chi connectivity index (χ3v) is 5.28. The van der Waals surface area contributed by atoms with Crippen LogP contribution in [0.15, 0.2) is 48.5 Å². The Labute approximate surface area is 145 Å². The Morgan fingerprint density at radius 1 is 1.12 bits per heavy atom. The van der Waals surface area contributed by atoms with Gasteiger partial charge >= 0.3 is 0 Å². The van der Waals surface area contributed by atoms with E-state index in [0.717, 1.165) is 18.4 Å². The van der Waals surface area contributed by atoms with Crippen molar-refractivity contribution in [2.45, 2.75) is 30.3 Å². The molecule has 1 fully saturated rings. The first-order valence-electron chi connectivity index (χ1n) is 8.53. The van der Waals surface area contributed by atoms with E-state index in [2.05, 4.69) is 5.32 Å². The average molecular weight is 341 g/mol. The number of benzene rings is 2. The van der Waals surface area contributed by atoms with Gasteiger partial charge < -0.3 is 15.2 Å². The summed E-state index contributed by atoms with van der Waals surface area (Å²) in [4.78, 5) is 12.8. The lowest BCUT2D eigenvalue weighted by molar-refractivity contribution is -0.125. The van der Waals surface area contributed by atoms with Gasteiger partial charge in [0.15, 0.2) is 0 Å². The van der Waals surface area contributed by atoms with Crippen molar-refractivity contribution in [1.29, 1.82) is 0 Å².